The molecule has 4 rings (SSSR count). The van der Waals surface area contributed by atoms with Gasteiger partial charge in [-0.1, -0.05) is 18.2 Å². The minimum atomic E-state index is 0.185. The van der Waals surface area contributed by atoms with E-state index < -0.39 is 0 Å². The predicted molar refractivity (Wildman–Crippen MR) is 99.1 cm³/mol. The second-order valence-corrected chi connectivity index (χ2v) is 6.52. The van der Waals surface area contributed by atoms with Gasteiger partial charge >= 0.3 is 0 Å². The summed E-state index contributed by atoms with van der Waals surface area (Å²) in [5, 5.41) is 6.65. The van der Waals surface area contributed by atoms with Gasteiger partial charge in [-0.2, -0.15) is 0 Å². The fourth-order valence-corrected chi connectivity index (χ4v) is 3.36. The van der Waals surface area contributed by atoms with Gasteiger partial charge in [0.25, 0.3) is 0 Å². The van der Waals surface area contributed by atoms with E-state index in [1.54, 1.807) is 23.7 Å². The molecule has 3 aromatic heterocycles. The first-order chi connectivity index (χ1) is 11.8. The molecule has 24 heavy (non-hydrogen) atoms. The summed E-state index contributed by atoms with van der Waals surface area (Å²) >= 11 is 1.74. The van der Waals surface area contributed by atoms with Gasteiger partial charge in [0.2, 0.25) is 0 Å². The monoisotopic (exact) mass is 332 g/mol. The zero-order chi connectivity index (χ0) is 16.4. The Kier molecular flexibility index (Phi) is 3.92. The number of aromatic nitrogens is 3. The molecular weight excluding hydrogens is 316 g/mol. The van der Waals surface area contributed by atoms with Crippen LogP contribution in [0, 0.1) is 0 Å². The highest BCUT2D eigenvalue weighted by molar-refractivity contribution is 7.10. The zero-order valence-corrected chi connectivity index (χ0v) is 14.0. The van der Waals surface area contributed by atoms with Crippen LogP contribution in [0.4, 0.5) is 5.82 Å². The molecule has 5 heteroatoms. The van der Waals surface area contributed by atoms with Gasteiger partial charge in [-0.25, -0.2) is 9.97 Å². The van der Waals surface area contributed by atoms with Gasteiger partial charge in [-0.3, -0.25) is 4.98 Å². The molecule has 0 saturated carbocycles. The molecule has 0 spiro atoms. The minimum absolute atomic E-state index is 0.185. The molecule has 4 nitrogen and oxygen atoms in total. The van der Waals surface area contributed by atoms with Crippen LogP contribution in [0.15, 0.2) is 66.3 Å². The molecule has 4 aromatic rings. The fourth-order valence-electron chi connectivity index (χ4n) is 2.62. The Balaban J connectivity index is 1.81. The van der Waals surface area contributed by atoms with E-state index in [2.05, 4.69) is 39.7 Å². The van der Waals surface area contributed by atoms with Crippen molar-refractivity contribution in [3.8, 4) is 11.4 Å². The summed E-state index contributed by atoms with van der Waals surface area (Å²) in [5.41, 5.74) is 1.84. The van der Waals surface area contributed by atoms with Crippen LogP contribution in [0.5, 0.6) is 0 Å². The standard InChI is InChI=1S/C19H16N4S/c1-13(17-9-5-11-24-17)21-19-15-7-2-3-8-16(15)22-18(23-19)14-6-4-10-20-12-14/h2-13H,1H3,(H,21,22,23)/t13-/m1/s1. The second kappa shape index (κ2) is 6.37. The molecule has 1 N–H and O–H groups in total. The number of rotatable bonds is 4. The molecule has 118 valence electrons. The zero-order valence-electron chi connectivity index (χ0n) is 13.2. The maximum Gasteiger partial charge on any atom is 0.163 e. The van der Waals surface area contributed by atoms with Crippen molar-refractivity contribution in [1.82, 2.24) is 15.0 Å². The van der Waals surface area contributed by atoms with Crippen LogP contribution in [0.25, 0.3) is 22.3 Å². The topological polar surface area (TPSA) is 50.7 Å². The summed E-state index contributed by atoms with van der Waals surface area (Å²) in [6.07, 6.45) is 3.54. The highest BCUT2D eigenvalue weighted by Crippen LogP contribution is 2.28. The summed E-state index contributed by atoms with van der Waals surface area (Å²) in [4.78, 5) is 14.9. The number of thiophene rings is 1. The maximum absolute atomic E-state index is 4.76. The lowest BCUT2D eigenvalue weighted by atomic mass is 10.2. The summed E-state index contributed by atoms with van der Waals surface area (Å²) < 4.78 is 0. The van der Waals surface area contributed by atoms with Crippen molar-refractivity contribution < 1.29 is 0 Å². The molecule has 1 aromatic carbocycles. The molecule has 0 radical (unpaired) electrons. The van der Waals surface area contributed by atoms with Crippen LogP contribution in [0.1, 0.15) is 17.8 Å². The molecule has 0 aliphatic rings. The first kappa shape index (κ1) is 14.8. The lowest BCUT2D eigenvalue weighted by molar-refractivity contribution is 0.898. The summed E-state index contributed by atoms with van der Waals surface area (Å²) in [5.74, 6) is 1.53. The molecule has 3 heterocycles. The lowest BCUT2D eigenvalue weighted by Gasteiger charge is -2.15. The van der Waals surface area contributed by atoms with E-state index in [0.717, 1.165) is 22.3 Å². The Bertz CT molecular complexity index is 952. The molecule has 0 unspecified atom stereocenters. The quantitative estimate of drug-likeness (QED) is 0.576. The summed E-state index contributed by atoms with van der Waals surface area (Å²) in [6.45, 7) is 2.15. The molecule has 0 aliphatic heterocycles. The van der Waals surface area contributed by atoms with Gasteiger partial charge in [0.15, 0.2) is 5.82 Å². The van der Waals surface area contributed by atoms with Crippen molar-refractivity contribution in [1.29, 1.82) is 0 Å². The Morgan fingerprint density at radius 1 is 1.00 bits per heavy atom. The van der Waals surface area contributed by atoms with E-state index in [0.29, 0.717) is 5.82 Å². The largest absolute Gasteiger partial charge is 0.362 e. The SMILES string of the molecule is C[C@@H](Nc1nc(-c2cccnc2)nc2ccccc12)c1cccs1. The Morgan fingerprint density at radius 2 is 1.92 bits per heavy atom. The van der Waals surface area contributed by atoms with Crippen molar-refractivity contribution in [2.45, 2.75) is 13.0 Å². The van der Waals surface area contributed by atoms with Crippen molar-refractivity contribution in [2.75, 3.05) is 5.32 Å². The highest BCUT2D eigenvalue weighted by atomic mass is 32.1. The van der Waals surface area contributed by atoms with Crippen molar-refractivity contribution in [3.63, 3.8) is 0 Å². The number of nitrogens with zero attached hydrogens (tertiary/aromatic N) is 3. The third-order valence-electron chi connectivity index (χ3n) is 3.85. The first-order valence-corrected chi connectivity index (χ1v) is 8.66. The van der Waals surface area contributed by atoms with Crippen LogP contribution in [0.2, 0.25) is 0 Å². The van der Waals surface area contributed by atoms with E-state index in [9.17, 15) is 0 Å². The molecule has 0 amide bonds. The molecule has 0 fully saturated rings. The van der Waals surface area contributed by atoms with E-state index in [1.807, 2.05) is 36.4 Å². The number of pyridine rings is 1. The van der Waals surface area contributed by atoms with Gasteiger partial charge in [0.05, 0.1) is 11.6 Å². The number of benzene rings is 1. The number of para-hydroxylation sites is 1. The first-order valence-electron chi connectivity index (χ1n) is 7.78. The third-order valence-corrected chi connectivity index (χ3v) is 4.90. The number of hydrogen-bond acceptors (Lipinski definition) is 5. The smallest absolute Gasteiger partial charge is 0.163 e. The van der Waals surface area contributed by atoms with Crippen LogP contribution >= 0.6 is 11.3 Å². The van der Waals surface area contributed by atoms with Gasteiger partial charge in [0.1, 0.15) is 5.82 Å². The van der Waals surface area contributed by atoms with Crippen LogP contribution in [-0.2, 0) is 0 Å². The minimum Gasteiger partial charge on any atom is -0.362 e. The van der Waals surface area contributed by atoms with Gasteiger partial charge in [0, 0.05) is 28.2 Å². The number of anilines is 1. The predicted octanol–water partition coefficient (Wildman–Crippen LogP) is 4.93. The van der Waals surface area contributed by atoms with Crippen LogP contribution < -0.4 is 5.32 Å². The van der Waals surface area contributed by atoms with Crippen LogP contribution in [0.3, 0.4) is 0 Å². The molecule has 1 atom stereocenters. The van der Waals surface area contributed by atoms with E-state index in [4.69, 9.17) is 4.98 Å². The van der Waals surface area contributed by atoms with E-state index >= 15 is 0 Å². The second-order valence-electron chi connectivity index (χ2n) is 5.54. The number of hydrogen-bond donors (Lipinski definition) is 1. The third kappa shape index (κ3) is 2.86. The van der Waals surface area contributed by atoms with Gasteiger partial charge < -0.3 is 5.32 Å². The Morgan fingerprint density at radius 3 is 2.71 bits per heavy atom. The Labute approximate surface area is 144 Å². The normalized spacial score (nSPS) is 12.2. The summed E-state index contributed by atoms with van der Waals surface area (Å²) in [7, 11) is 0. The molecule has 0 saturated heterocycles. The Hall–Kier alpha value is -2.79. The number of fused-ring (bicyclic) bond motifs is 1. The molecular formula is C19H16N4S. The van der Waals surface area contributed by atoms with E-state index in [1.165, 1.54) is 4.88 Å². The molecule has 0 aliphatic carbocycles. The van der Waals surface area contributed by atoms with Crippen LogP contribution in [-0.4, -0.2) is 15.0 Å². The molecule has 0 bridgehead atoms. The fraction of sp³-hybridized carbons (Fsp3) is 0.105. The van der Waals surface area contributed by atoms with Gasteiger partial charge in [-0.15, -0.1) is 11.3 Å². The van der Waals surface area contributed by atoms with Crippen molar-refractivity contribution >= 4 is 28.1 Å². The van der Waals surface area contributed by atoms with Crippen molar-refractivity contribution in [2.24, 2.45) is 0 Å². The van der Waals surface area contributed by atoms with Gasteiger partial charge in [-0.05, 0) is 42.6 Å². The average Bonchev–Trinajstić information content (AvgIpc) is 3.17. The highest BCUT2D eigenvalue weighted by Gasteiger charge is 2.13. The summed E-state index contributed by atoms with van der Waals surface area (Å²) in [6, 6.07) is 16.3. The maximum atomic E-state index is 4.76. The lowest BCUT2D eigenvalue weighted by Crippen LogP contribution is -2.08. The number of nitrogens with one attached hydrogen (secondary N) is 1. The average molecular weight is 332 g/mol. The van der Waals surface area contributed by atoms with E-state index in [-0.39, 0.29) is 6.04 Å². The van der Waals surface area contributed by atoms with Crippen molar-refractivity contribution in [3.05, 3.63) is 71.2 Å².